The maximum absolute atomic E-state index is 12.4. The van der Waals surface area contributed by atoms with Crippen LogP contribution in [-0.4, -0.2) is 23.4 Å². The summed E-state index contributed by atoms with van der Waals surface area (Å²) in [5.41, 5.74) is 4.25. The first kappa shape index (κ1) is 15.1. The van der Waals surface area contributed by atoms with E-state index >= 15 is 0 Å². The Morgan fingerprint density at radius 1 is 1.41 bits per heavy atom. The first-order chi connectivity index (χ1) is 10.8. The van der Waals surface area contributed by atoms with Crippen LogP contribution in [-0.2, 0) is 16.1 Å². The Kier molecular flexibility index (Phi) is 4.75. The summed E-state index contributed by atoms with van der Waals surface area (Å²) in [7, 11) is 0. The summed E-state index contributed by atoms with van der Waals surface area (Å²) in [5.74, 6) is -0.222. The predicted octanol–water partition coefficient (Wildman–Crippen LogP) is 3.24. The van der Waals surface area contributed by atoms with Crippen LogP contribution in [0.4, 0.5) is 0 Å². The number of aryl methyl sites for hydroxylation is 1. The van der Waals surface area contributed by atoms with E-state index in [4.69, 9.17) is 9.57 Å². The number of carbonyl (C=O) groups excluding carboxylic acids is 1. The standard InChI is InChI=1S/C17H22N2O3/c1-2-10-19-12-14(13-7-3-4-8-15(13)19)17(20)18-22-16-9-5-6-11-21-16/h3-4,7-8,12,16H,2,5-6,9-11H2,1H3,(H,18,20)/t16-/m1/s1. The van der Waals surface area contributed by atoms with Crippen molar-refractivity contribution in [3.8, 4) is 0 Å². The zero-order valence-electron chi connectivity index (χ0n) is 12.9. The Bertz CT molecular complexity index is 644. The molecule has 0 bridgehead atoms. The maximum Gasteiger partial charge on any atom is 0.277 e. The molecule has 0 saturated carbocycles. The average Bonchev–Trinajstić information content (AvgIpc) is 2.93. The van der Waals surface area contributed by atoms with E-state index in [9.17, 15) is 4.79 Å². The summed E-state index contributed by atoms with van der Waals surface area (Å²) in [5, 5.41) is 0.946. The Balaban J connectivity index is 1.75. The van der Waals surface area contributed by atoms with Gasteiger partial charge in [0.15, 0.2) is 6.29 Å². The smallest absolute Gasteiger partial charge is 0.277 e. The maximum atomic E-state index is 12.4. The van der Waals surface area contributed by atoms with E-state index in [1.165, 1.54) is 0 Å². The highest BCUT2D eigenvalue weighted by Gasteiger charge is 2.18. The molecule has 1 amide bonds. The van der Waals surface area contributed by atoms with E-state index < -0.39 is 0 Å². The van der Waals surface area contributed by atoms with Crippen LogP contribution in [0, 0.1) is 0 Å². The number of hydrogen-bond donors (Lipinski definition) is 1. The van der Waals surface area contributed by atoms with Gasteiger partial charge in [-0.1, -0.05) is 25.1 Å². The third-order valence-corrected chi connectivity index (χ3v) is 3.92. The number of hydroxylamine groups is 1. The van der Waals surface area contributed by atoms with Gasteiger partial charge in [0.05, 0.1) is 5.56 Å². The summed E-state index contributed by atoms with van der Waals surface area (Å²) in [6.45, 7) is 3.70. The molecule has 1 aromatic carbocycles. The molecule has 1 aliphatic rings. The molecule has 2 heterocycles. The number of hydrogen-bond acceptors (Lipinski definition) is 3. The fraction of sp³-hybridized carbons (Fsp3) is 0.471. The van der Waals surface area contributed by atoms with Crippen LogP contribution >= 0.6 is 0 Å². The summed E-state index contributed by atoms with van der Waals surface area (Å²) in [6.07, 6.45) is 5.52. The number of fused-ring (bicyclic) bond motifs is 1. The number of carbonyl (C=O) groups is 1. The van der Waals surface area contributed by atoms with Crippen LogP contribution in [0.5, 0.6) is 0 Å². The molecular formula is C17H22N2O3. The number of nitrogens with zero attached hydrogens (tertiary/aromatic N) is 1. The molecule has 2 aromatic rings. The Morgan fingerprint density at radius 2 is 2.27 bits per heavy atom. The van der Waals surface area contributed by atoms with Gasteiger partial charge in [0.2, 0.25) is 0 Å². The summed E-state index contributed by atoms with van der Waals surface area (Å²) in [4.78, 5) is 17.8. The van der Waals surface area contributed by atoms with Crippen molar-refractivity contribution in [2.45, 2.75) is 45.4 Å². The molecule has 1 fully saturated rings. The lowest BCUT2D eigenvalue weighted by Gasteiger charge is -2.21. The van der Waals surface area contributed by atoms with E-state index in [1.807, 2.05) is 30.5 Å². The zero-order chi connectivity index (χ0) is 15.4. The second kappa shape index (κ2) is 6.94. The van der Waals surface area contributed by atoms with Gasteiger partial charge in [-0.3, -0.25) is 4.79 Å². The van der Waals surface area contributed by atoms with E-state index in [0.717, 1.165) is 43.1 Å². The highest BCUT2D eigenvalue weighted by Crippen LogP contribution is 2.22. The average molecular weight is 302 g/mol. The topological polar surface area (TPSA) is 52.5 Å². The molecule has 0 radical (unpaired) electrons. The molecule has 5 heteroatoms. The van der Waals surface area contributed by atoms with Gasteiger partial charge in [0.1, 0.15) is 0 Å². The van der Waals surface area contributed by atoms with Gasteiger partial charge < -0.3 is 9.30 Å². The van der Waals surface area contributed by atoms with Crippen LogP contribution in [0.3, 0.4) is 0 Å². The van der Waals surface area contributed by atoms with Gasteiger partial charge in [-0.15, -0.1) is 0 Å². The number of para-hydroxylation sites is 1. The van der Waals surface area contributed by atoms with Crippen LogP contribution in [0.1, 0.15) is 43.0 Å². The van der Waals surface area contributed by atoms with Gasteiger partial charge >= 0.3 is 0 Å². The first-order valence-corrected chi connectivity index (χ1v) is 7.95. The molecule has 118 valence electrons. The minimum Gasteiger partial charge on any atom is -0.350 e. The Labute approximate surface area is 130 Å². The SMILES string of the molecule is CCCn1cc(C(=O)NO[C@@H]2CCCCO2)c2ccccc21. The van der Waals surface area contributed by atoms with Crippen LogP contribution in [0.2, 0.25) is 0 Å². The second-order valence-electron chi connectivity index (χ2n) is 5.60. The van der Waals surface area contributed by atoms with Gasteiger partial charge in [-0.2, -0.15) is 0 Å². The lowest BCUT2D eigenvalue weighted by atomic mass is 10.2. The molecule has 5 nitrogen and oxygen atoms in total. The quantitative estimate of drug-likeness (QED) is 0.863. The minimum absolute atomic E-state index is 0.222. The second-order valence-corrected chi connectivity index (χ2v) is 5.60. The van der Waals surface area contributed by atoms with Gasteiger partial charge in [0.25, 0.3) is 5.91 Å². The number of benzene rings is 1. The molecule has 1 saturated heterocycles. The number of amides is 1. The highest BCUT2D eigenvalue weighted by molar-refractivity contribution is 6.06. The molecule has 3 rings (SSSR count). The summed E-state index contributed by atoms with van der Waals surface area (Å²) in [6, 6.07) is 7.93. The van der Waals surface area contributed by atoms with Crippen molar-refractivity contribution in [1.82, 2.24) is 10.0 Å². The molecule has 0 spiro atoms. The third-order valence-electron chi connectivity index (χ3n) is 3.92. The molecule has 0 unspecified atom stereocenters. The molecule has 22 heavy (non-hydrogen) atoms. The zero-order valence-corrected chi connectivity index (χ0v) is 12.9. The molecule has 1 atom stereocenters. The molecule has 1 N–H and O–H groups in total. The fourth-order valence-corrected chi connectivity index (χ4v) is 2.83. The number of aromatic nitrogens is 1. The predicted molar refractivity (Wildman–Crippen MR) is 84.4 cm³/mol. The van der Waals surface area contributed by atoms with Gasteiger partial charge in [0, 0.05) is 36.7 Å². The Hall–Kier alpha value is -1.85. The molecular weight excluding hydrogens is 280 g/mol. The van der Waals surface area contributed by atoms with Crippen molar-refractivity contribution in [3.05, 3.63) is 36.0 Å². The van der Waals surface area contributed by atoms with Crippen molar-refractivity contribution in [3.63, 3.8) is 0 Å². The number of nitrogens with one attached hydrogen (secondary N) is 1. The first-order valence-electron chi connectivity index (χ1n) is 7.95. The van der Waals surface area contributed by atoms with E-state index in [2.05, 4.69) is 17.0 Å². The van der Waals surface area contributed by atoms with Crippen LogP contribution in [0.25, 0.3) is 10.9 Å². The van der Waals surface area contributed by atoms with Gasteiger partial charge in [-0.25, -0.2) is 10.3 Å². The molecule has 0 aliphatic carbocycles. The molecule has 1 aromatic heterocycles. The van der Waals surface area contributed by atoms with Crippen molar-refractivity contribution in [2.75, 3.05) is 6.61 Å². The largest absolute Gasteiger partial charge is 0.350 e. The molecule has 1 aliphatic heterocycles. The van der Waals surface area contributed by atoms with E-state index in [0.29, 0.717) is 12.2 Å². The summed E-state index contributed by atoms with van der Waals surface area (Å²) < 4.78 is 7.57. The third kappa shape index (κ3) is 3.15. The van der Waals surface area contributed by atoms with E-state index in [-0.39, 0.29) is 12.2 Å². The monoisotopic (exact) mass is 302 g/mol. The summed E-state index contributed by atoms with van der Waals surface area (Å²) >= 11 is 0. The van der Waals surface area contributed by atoms with Crippen LogP contribution in [0.15, 0.2) is 30.5 Å². The number of ether oxygens (including phenoxy) is 1. The van der Waals surface area contributed by atoms with Crippen molar-refractivity contribution >= 4 is 16.8 Å². The lowest BCUT2D eigenvalue weighted by molar-refractivity contribution is -0.186. The highest BCUT2D eigenvalue weighted by atomic mass is 16.8. The fourth-order valence-electron chi connectivity index (χ4n) is 2.83. The number of rotatable bonds is 5. The normalized spacial score (nSPS) is 18.5. The van der Waals surface area contributed by atoms with Crippen molar-refractivity contribution in [2.24, 2.45) is 0 Å². The van der Waals surface area contributed by atoms with Crippen molar-refractivity contribution in [1.29, 1.82) is 0 Å². The Morgan fingerprint density at radius 3 is 3.05 bits per heavy atom. The minimum atomic E-state index is -0.332. The van der Waals surface area contributed by atoms with Crippen molar-refractivity contribution < 1.29 is 14.4 Å². The van der Waals surface area contributed by atoms with Crippen LogP contribution < -0.4 is 5.48 Å². The van der Waals surface area contributed by atoms with Gasteiger partial charge in [-0.05, 0) is 25.3 Å². The lowest BCUT2D eigenvalue weighted by Crippen LogP contribution is -2.33. The van der Waals surface area contributed by atoms with E-state index in [1.54, 1.807) is 0 Å².